The molecule has 0 saturated heterocycles. The number of nitrogens with zero attached hydrogens (tertiary/aromatic N) is 1. The van der Waals surface area contributed by atoms with Crippen LogP contribution in [0.3, 0.4) is 0 Å². The molecule has 0 saturated carbocycles. The van der Waals surface area contributed by atoms with E-state index in [-0.39, 0.29) is 28.1 Å². The molecule has 0 amide bonds. The SMILES string of the molecule is CC[C@@H](CC(=O)OC(C)(C)C)c1ccc(Cl)c(C(=O)c2ccc[n+]([O-])c2)c1F. The van der Waals surface area contributed by atoms with Crippen molar-refractivity contribution in [3.63, 3.8) is 0 Å². The monoisotopic (exact) mass is 407 g/mol. The Morgan fingerprint density at radius 2 is 1.96 bits per heavy atom. The molecule has 0 spiro atoms. The molecule has 28 heavy (non-hydrogen) atoms. The van der Waals surface area contributed by atoms with Gasteiger partial charge < -0.3 is 9.94 Å². The van der Waals surface area contributed by atoms with Gasteiger partial charge in [-0.15, -0.1) is 0 Å². The summed E-state index contributed by atoms with van der Waals surface area (Å²) in [6, 6.07) is 5.72. The number of benzene rings is 1. The normalized spacial score (nSPS) is 12.5. The van der Waals surface area contributed by atoms with Gasteiger partial charge in [0, 0.05) is 6.07 Å². The van der Waals surface area contributed by atoms with Crippen molar-refractivity contribution in [2.45, 2.75) is 52.1 Å². The van der Waals surface area contributed by atoms with Crippen LogP contribution in [-0.2, 0) is 9.53 Å². The molecule has 0 unspecified atom stereocenters. The van der Waals surface area contributed by atoms with E-state index in [9.17, 15) is 14.8 Å². The largest absolute Gasteiger partial charge is 0.619 e. The van der Waals surface area contributed by atoms with E-state index in [1.54, 1.807) is 20.8 Å². The Kier molecular flexibility index (Phi) is 6.77. The first-order chi connectivity index (χ1) is 13.0. The Morgan fingerprint density at radius 3 is 2.54 bits per heavy atom. The number of carbonyl (C=O) groups excluding carboxylic acids is 2. The van der Waals surface area contributed by atoms with Crippen LogP contribution in [0.15, 0.2) is 36.7 Å². The quantitative estimate of drug-likeness (QED) is 0.304. The minimum atomic E-state index is -0.783. The lowest BCUT2D eigenvalue weighted by Crippen LogP contribution is -2.26. The van der Waals surface area contributed by atoms with Crippen molar-refractivity contribution in [2.24, 2.45) is 0 Å². The molecule has 2 rings (SSSR count). The smallest absolute Gasteiger partial charge is 0.306 e. The Morgan fingerprint density at radius 1 is 1.29 bits per heavy atom. The predicted octanol–water partition coefficient (Wildman–Crippen LogP) is 4.57. The Labute approximate surface area is 168 Å². The third-order valence-corrected chi connectivity index (χ3v) is 4.47. The third kappa shape index (κ3) is 5.29. The highest BCUT2D eigenvalue weighted by molar-refractivity contribution is 6.35. The van der Waals surface area contributed by atoms with Gasteiger partial charge in [-0.25, -0.2) is 4.39 Å². The van der Waals surface area contributed by atoms with Gasteiger partial charge >= 0.3 is 5.97 Å². The summed E-state index contributed by atoms with van der Waals surface area (Å²) in [6.45, 7) is 7.09. The van der Waals surface area contributed by atoms with Crippen LogP contribution in [0.5, 0.6) is 0 Å². The number of aromatic nitrogens is 1. The summed E-state index contributed by atoms with van der Waals surface area (Å²) in [4.78, 5) is 24.9. The second kappa shape index (κ2) is 8.69. The molecule has 0 aliphatic carbocycles. The Balaban J connectivity index is 2.40. The lowest BCUT2D eigenvalue weighted by atomic mass is 9.90. The lowest BCUT2D eigenvalue weighted by Gasteiger charge is -2.22. The van der Waals surface area contributed by atoms with Gasteiger partial charge in [0.1, 0.15) is 11.4 Å². The number of rotatable bonds is 6. The predicted molar refractivity (Wildman–Crippen MR) is 104 cm³/mol. The molecule has 1 aromatic carbocycles. The molecule has 150 valence electrons. The van der Waals surface area contributed by atoms with Gasteiger partial charge in [0.05, 0.1) is 22.6 Å². The average molecular weight is 408 g/mol. The molecule has 0 aliphatic rings. The molecule has 2 aromatic rings. The molecule has 0 N–H and O–H groups in total. The fourth-order valence-corrected chi connectivity index (χ4v) is 3.12. The molecule has 0 fully saturated rings. The van der Waals surface area contributed by atoms with Crippen LogP contribution in [0.1, 0.15) is 67.9 Å². The Hall–Kier alpha value is -2.47. The first kappa shape index (κ1) is 21.8. The molecule has 0 bridgehead atoms. The number of halogens is 2. The van der Waals surface area contributed by atoms with Crippen LogP contribution in [0.4, 0.5) is 4.39 Å². The fraction of sp³-hybridized carbons (Fsp3) is 0.381. The van der Waals surface area contributed by atoms with Crippen LogP contribution in [0.25, 0.3) is 0 Å². The summed E-state index contributed by atoms with van der Waals surface area (Å²) in [7, 11) is 0. The highest BCUT2D eigenvalue weighted by Gasteiger charge is 2.27. The molecule has 1 heterocycles. The van der Waals surface area contributed by atoms with E-state index >= 15 is 4.39 Å². The van der Waals surface area contributed by atoms with Crippen molar-refractivity contribution < 1.29 is 23.4 Å². The van der Waals surface area contributed by atoms with E-state index in [2.05, 4.69) is 0 Å². The molecule has 0 radical (unpaired) electrons. The lowest BCUT2D eigenvalue weighted by molar-refractivity contribution is -0.605. The van der Waals surface area contributed by atoms with E-state index in [4.69, 9.17) is 16.3 Å². The Bertz CT molecular complexity index is 892. The molecular formula is C21H23ClFNO4. The number of esters is 1. The maximum Gasteiger partial charge on any atom is 0.306 e. The minimum Gasteiger partial charge on any atom is -0.619 e. The number of ether oxygens (including phenoxy) is 1. The topological polar surface area (TPSA) is 70.3 Å². The molecule has 7 heteroatoms. The van der Waals surface area contributed by atoms with Crippen LogP contribution < -0.4 is 4.73 Å². The van der Waals surface area contributed by atoms with Crippen molar-refractivity contribution in [3.05, 3.63) is 69.4 Å². The maximum absolute atomic E-state index is 15.3. The minimum absolute atomic E-state index is 0.0220. The van der Waals surface area contributed by atoms with Gasteiger partial charge in [-0.05, 0) is 50.8 Å². The fourth-order valence-electron chi connectivity index (χ4n) is 2.88. The van der Waals surface area contributed by atoms with Crippen LogP contribution in [0.2, 0.25) is 5.02 Å². The molecule has 5 nitrogen and oxygen atoms in total. The van der Waals surface area contributed by atoms with Crippen molar-refractivity contribution in [1.82, 2.24) is 0 Å². The van der Waals surface area contributed by atoms with E-state index in [0.29, 0.717) is 11.2 Å². The maximum atomic E-state index is 15.3. The number of hydrogen-bond donors (Lipinski definition) is 0. The zero-order valence-electron chi connectivity index (χ0n) is 16.3. The van der Waals surface area contributed by atoms with Gasteiger partial charge in [-0.1, -0.05) is 24.6 Å². The summed E-state index contributed by atoms with van der Waals surface area (Å²) >= 11 is 6.09. The van der Waals surface area contributed by atoms with Gasteiger partial charge in [0.15, 0.2) is 12.4 Å². The summed E-state index contributed by atoms with van der Waals surface area (Å²) in [5.74, 6) is -2.40. The van der Waals surface area contributed by atoms with Gasteiger partial charge in [-0.2, -0.15) is 4.73 Å². The van der Waals surface area contributed by atoms with Gasteiger partial charge in [-0.3, -0.25) is 9.59 Å². The molecule has 0 aliphatic heterocycles. The highest BCUT2D eigenvalue weighted by Crippen LogP contribution is 2.32. The number of hydrogen-bond acceptors (Lipinski definition) is 4. The van der Waals surface area contributed by atoms with Crippen molar-refractivity contribution in [2.75, 3.05) is 0 Å². The summed E-state index contributed by atoms with van der Waals surface area (Å²) in [5.41, 5.74) is -0.716. The van der Waals surface area contributed by atoms with Crippen molar-refractivity contribution in [3.8, 4) is 0 Å². The highest BCUT2D eigenvalue weighted by atomic mass is 35.5. The van der Waals surface area contributed by atoms with Gasteiger partial charge in [0.2, 0.25) is 5.78 Å². The van der Waals surface area contributed by atoms with E-state index in [1.165, 1.54) is 30.5 Å². The molecule has 1 atom stereocenters. The van der Waals surface area contributed by atoms with E-state index in [1.807, 2.05) is 6.92 Å². The van der Waals surface area contributed by atoms with Crippen molar-refractivity contribution >= 4 is 23.4 Å². The standard InChI is InChI=1S/C21H23ClFNO4/c1-5-13(11-17(25)28-21(2,3)4)15-8-9-16(22)18(19(15)23)20(26)14-7-6-10-24(27)12-14/h6-10,12-13H,5,11H2,1-4H3/t13-/m0/s1. The van der Waals surface area contributed by atoms with Crippen LogP contribution in [0, 0.1) is 11.0 Å². The number of pyridine rings is 1. The second-order valence-electron chi connectivity index (χ2n) is 7.50. The summed E-state index contributed by atoms with van der Waals surface area (Å²) in [6.07, 6.45) is 2.73. The van der Waals surface area contributed by atoms with Gasteiger partial charge in [0.25, 0.3) is 0 Å². The van der Waals surface area contributed by atoms with E-state index in [0.717, 1.165) is 6.20 Å². The average Bonchev–Trinajstić information content (AvgIpc) is 2.58. The van der Waals surface area contributed by atoms with Crippen LogP contribution >= 0.6 is 11.6 Å². The van der Waals surface area contributed by atoms with Crippen molar-refractivity contribution in [1.29, 1.82) is 0 Å². The third-order valence-electron chi connectivity index (χ3n) is 4.15. The second-order valence-corrected chi connectivity index (χ2v) is 7.91. The first-order valence-electron chi connectivity index (χ1n) is 8.96. The van der Waals surface area contributed by atoms with Crippen LogP contribution in [-0.4, -0.2) is 17.4 Å². The zero-order valence-corrected chi connectivity index (χ0v) is 17.0. The number of ketones is 1. The summed E-state index contributed by atoms with van der Waals surface area (Å²) < 4.78 is 21.0. The molecular weight excluding hydrogens is 385 g/mol. The first-order valence-corrected chi connectivity index (χ1v) is 9.34. The molecule has 1 aromatic heterocycles. The van der Waals surface area contributed by atoms with E-state index < -0.39 is 29.1 Å². The zero-order chi connectivity index (χ0) is 21.1. The summed E-state index contributed by atoms with van der Waals surface area (Å²) in [5, 5.41) is 11.4. The number of carbonyl (C=O) groups is 2.